The Morgan fingerprint density at radius 1 is 1.17 bits per heavy atom. The maximum Gasteiger partial charge on any atom is 0.298 e. The van der Waals surface area contributed by atoms with Gasteiger partial charge >= 0.3 is 0 Å². The third-order valence-corrected chi connectivity index (χ3v) is 5.21. The van der Waals surface area contributed by atoms with E-state index in [-0.39, 0.29) is 22.8 Å². The van der Waals surface area contributed by atoms with Gasteiger partial charge in [0, 0.05) is 27.2 Å². The van der Waals surface area contributed by atoms with Crippen molar-refractivity contribution in [1.82, 2.24) is 4.57 Å². The van der Waals surface area contributed by atoms with Crippen LogP contribution in [0.3, 0.4) is 0 Å². The zero-order valence-corrected chi connectivity index (χ0v) is 16.7. The van der Waals surface area contributed by atoms with Crippen molar-refractivity contribution >= 4 is 44.7 Å². The van der Waals surface area contributed by atoms with E-state index < -0.39 is 10.8 Å². The quantitative estimate of drug-likeness (QED) is 0.235. The SMILES string of the molecule is Cc1c(C=O)c2ccccc2n1C(=O)c1ccc(-c2ccc(Br)cc2[N+](=O)[O-])o1. The molecule has 7 nitrogen and oxygen atoms in total. The predicted octanol–water partition coefficient (Wildman–Crippen LogP) is 5.38. The molecule has 2 heterocycles. The second kappa shape index (κ2) is 7.14. The molecule has 0 saturated heterocycles. The number of carbonyl (C=O) groups excluding carboxylic acids is 2. The summed E-state index contributed by atoms with van der Waals surface area (Å²) in [6.45, 7) is 1.69. The lowest BCUT2D eigenvalue weighted by Gasteiger charge is -2.05. The van der Waals surface area contributed by atoms with Crippen LogP contribution in [0.2, 0.25) is 0 Å². The Balaban J connectivity index is 1.82. The summed E-state index contributed by atoms with van der Waals surface area (Å²) in [5.74, 6) is -0.242. The molecule has 4 aromatic rings. The second-order valence-corrected chi connectivity index (χ2v) is 7.27. The monoisotopic (exact) mass is 452 g/mol. The van der Waals surface area contributed by atoms with Gasteiger partial charge in [0.1, 0.15) is 5.76 Å². The molecule has 2 aromatic heterocycles. The first-order valence-corrected chi connectivity index (χ1v) is 9.35. The van der Waals surface area contributed by atoms with Gasteiger partial charge in [-0.05, 0) is 37.3 Å². The Morgan fingerprint density at radius 2 is 1.93 bits per heavy atom. The number of rotatable bonds is 4. The normalized spacial score (nSPS) is 11.0. The molecule has 0 amide bonds. The number of nitro groups is 1. The lowest BCUT2D eigenvalue weighted by atomic mass is 10.1. The minimum atomic E-state index is -0.510. The number of para-hydroxylation sites is 1. The molecular weight excluding hydrogens is 440 g/mol. The van der Waals surface area contributed by atoms with Gasteiger partial charge in [-0.3, -0.25) is 24.3 Å². The summed E-state index contributed by atoms with van der Waals surface area (Å²) in [5, 5.41) is 12.0. The number of furan rings is 1. The van der Waals surface area contributed by atoms with Crippen LogP contribution in [0, 0.1) is 17.0 Å². The third-order valence-electron chi connectivity index (χ3n) is 4.72. The summed E-state index contributed by atoms with van der Waals surface area (Å²) in [6, 6.07) is 14.7. The summed E-state index contributed by atoms with van der Waals surface area (Å²) in [4.78, 5) is 35.5. The highest BCUT2D eigenvalue weighted by Gasteiger charge is 2.24. The molecule has 0 fully saturated rings. The third kappa shape index (κ3) is 3.07. The number of fused-ring (bicyclic) bond motifs is 1. The molecule has 0 N–H and O–H groups in total. The van der Waals surface area contributed by atoms with Gasteiger partial charge in [0.25, 0.3) is 11.6 Å². The van der Waals surface area contributed by atoms with E-state index in [0.717, 1.165) is 6.29 Å². The fourth-order valence-corrected chi connectivity index (χ4v) is 3.72. The molecular formula is C21H13BrN2O5. The largest absolute Gasteiger partial charge is 0.451 e. The average molecular weight is 453 g/mol. The standard InChI is InChI=1S/C21H13BrN2O5/c1-12-16(11-25)14-4-2-3-5-17(14)23(12)21(26)20-9-8-19(29-20)15-7-6-13(22)10-18(15)24(27)28/h2-11H,1H3. The number of hydrogen-bond donors (Lipinski definition) is 0. The predicted molar refractivity (Wildman–Crippen MR) is 110 cm³/mol. The molecule has 8 heteroatoms. The molecule has 0 aliphatic carbocycles. The lowest BCUT2D eigenvalue weighted by Crippen LogP contribution is -2.12. The Kier molecular flexibility index (Phi) is 4.63. The van der Waals surface area contributed by atoms with E-state index in [4.69, 9.17) is 4.42 Å². The molecule has 2 aromatic carbocycles. The summed E-state index contributed by atoms with van der Waals surface area (Å²) >= 11 is 3.22. The van der Waals surface area contributed by atoms with Crippen LogP contribution >= 0.6 is 15.9 Å². The van der Waals surface area contributed by atoms with E-state index in [0.29, 0.717) is 26.6 Å². The van der Waals surface area contributed by atoms with Gasteiger partial charge < -0.3 is 4.42 Å². The molecule has 0 aliphatic rings. The van der Waals surface area contributed by atoms with E-state index >= 15 is 0 Å². The summed E-state index contributed by atoms with van der Waals surface area (Å²) in [6.07, 6.45) is 0.722. The van der Waals surface area contributed by atoms with Crippen LogP contribution in [0.5, 0.6) is 0 Å². The highest BCUT2D eigenvalue weighted by molar-refractivity contribution is 9.10. The van der Waals surface area contributed by atoms with Gasteiger partial charge in [-0.1, -0.05) is 34.1 Å². The van der Waals surface area contributed by atoms with Crippen LogP contribution in [0.4, 0.5) is 5.69 Å². The van der Waals surface area contributed by atoms with E-state index in [9.17, 15) is 19.7 Å². The Morgan fingerprint density at radius 3 is 2.66 bits per heavy atom. The Hall–Kier alpha value is -3.52. The summed E-state index contributed by atoms with van der Waals surface area (Å²) in [5.41, 5.74) is 1.64. The Labute approximate surface area is 172 Å². The first kappa shape index (κ1) is 18.8. The molecule has 0 unspecified atom stereocenters. The molecule has 0 aliphatic heterocycles. The zero-order valence-electron chi connectivity index (χ0n) is 15.1. The molecule has 0 saturated carbocycles. The van der Waals surface area contributed by atoms with Crippen molar-refractivity contribution in [2.45, 2.75) is 6.92 Å². The van der Waals surface area contributed by atoms with Gasteiger partial charge in [-0.25, -0.2) is 0 Å². The van der Waals surface area contributed by atoms with Crippen LogP contribution in [0.25, 0.3) is 22.2 Å². The van der Waals surface area contributed by atoms with Gasteiger partial charge in [0.2, 0.25) is 0 Å². The van der Waals surface area contributed by atoms with Crippen LogP contribution in [0.1, 0.15) is 26.6 Å². The fraction of sp³-hybridized carbons (Fsp3) is 0.0476. The number of hydrogen-bond acceptors (Lipinski definition) is 5. The minimum absolute atomic E-state index is 0.0125. The van der Waals surface area contributed by atoms with E-state index in [1.54, 1.807) is 43.3 Å². The topological polar surface area (TPSA) is 95.3 Å². The molecule has 144 valence electrons. The van der Waals surface area contributed by atoms with Crippen molar-refractivity contribution in [3.8, 4) is 11.3 Å². The molecule has 29 heavy (non-hydrogen) atoms. The van der Waals surface area contributed by atoms with E-state index in [1.807, 2.05) is 0 Å². The smallest absolute Gasteiger partial charge is 0.298 e. The van der Waals surface area contributed by atoms with Gasteiger partial charge in [0.05, 0.1) is 16.0 Å². The molecule has 0 atom stereocenters. The van der Waals surface area contributed by atoms with Crippen molar-refractivity contribution < 1.29 is 18.9 Å². The van der Waals surface area contributed by atoms with Crippen LogP contribution in [-0.2, 0) is 0 Å². The minimum Gasteiger partial charge on any atom is -0.451 e. The van der Waals surface area contributed by atoms with Crippen molar-refractivity contribution in [3.63, 3.8) is 0 Å². The highest BCUT2D eigenvalue weighted by atomic mass is 79.9. The van der Waals surface area contributed by atoms with Crippen molar-refractivity contribution in [1.29, 1.82) is 0 Å². The number of halogens is 1. The van der Waals surface area contributed by atoms with Crippen molar-refractivity contribution in [3.05, 3.63) is 86.2 Å². The van der Waals surface area contributed by atoms with Gasteiger partial charge in [-0.2, -0.15) is 0 Å². The van der Waals surface area contributed by atoms with Gasteiger partial charge in [-0.15, -0.1) is 0 Å². The van der Waals surface area contributed by atoms with Crippen LogP contribution in [-0.4, -0.2) is 21.7 Å². The lowest BCUT2D eigenvalue weighted by molar-refractivity contribution is -0.384. The number of benzene rings is 2. The van der Waals surface area contributed by atoms with E-state index in [2.05, 4.69) is 15.9 Å². The number of carbonyl (C=O) groups is 2. The number of nitrogens with zero attached hydrogens (tertiary/aromatic N) is 2. The number of aldehydes is 1. The molecule has 0 bridgehead atoms. The first-order valence-electron chi connectivity index (χ1n) is 8.56. The summed E-state index contributed by atoms with van der Waals surface area (Å²) < 4.78 is 7.66. The average Bonchev–Trinajstić information content (AvgIpc) is 3.29. The molecule has 0 spiro atoms. The maximum absolute atomic E-state index is 13.1. The highest BCUT2D eigenvalue weighted by Crippen LogP contribution is 2.34. The molecule has 4 rings (SSSR count). The van der Waals surface area contributed by atoms with E-state index in [1.165, 1.54) is 22.8 Å². The van der Waals surface area contributed by atoms with Crippen molar-refractivity contribution in [2.75, 3.05) is 0 Å². The first-order chi connectivity index (χ1) is 13.9. The van der Waals surface area contributed by atoms with Crippen LogP contribution < -0.4 is 0 Å². The number of aromatic nitrogens is 1. The number of nitro benzene ring substituents is 1. The van der Waals surface area contributed by atoms with Crippen LogP contribution in [0.15, 0.2) is 63.5 Å². The Bertz CT molecular complexity index is 1300. The fourth-order valence-electron chi connectivity index (χ4n) is 3.37. The van der Waals surface area contributed by atoms with Crippen molar-refractivity contribution in [2.24, 2.45) is 0 Å². The van der Waals surface area contributed by atoms with Gasteiger partial charge in [0.15, 0.2) is 12.0 Å². The zero-order chi connectivity index (χ0) is 20.7. The molecule has 0 radical (unpaired) electrons. The second-order valence-electron chi connectivity index (χ2n) is 6.36. The summed E-state index contributed by atoms with van der Waals surface area (Å²) in [7, 11) is 0. The maximum atomic E-state index is 13.1.